The summed E-state index contributed by atoms with van der Waals surface area (Å²) in [5.74, 6) is 1.01. The standard InChI is InChI=1S/C33H36O6/c1-22(2)29-18-9-23(3)21-30(29)39-32(35)20-19-31(34)37-27-14-10-24(11-15-27)25-12-16-28(17-13-25)38-33(36)26-7-5-4-6-8-26/h4-8,10-17,22-23,29-30H,9,18-21H2,1-3H3. The molecule has 39 heavy (non-hydrogen) atoms. The van der Waals surface area contributed by atoms with Crippen LogP contribution in [0.5, 0.6) is 11.5 Å². The molecule has 0 N–H and O–H groups in total. The highest BCUT2D eigenvalue weighted by Crippen LogP contribution is 2.35. The van der Waals surface area contributed by atoms with E-state index >= 15 is 0 Å². The molecule has 6 nitrogen and oxygen atoms in total. The fourth-order valence-electron chi connectivity index (χ4n) is 5.04. The van der Waals surface area contributed by atoms with Crippen molar-refractivity contribution < 1.29 is 28.6 Å². The van der Waals surface area contributed by atoms with Crippen molar-refractivity contribution >= 4 is 17.9 Å². The van der Waals surface area contributed by atoms with Gasteiger partial charge in [-0.1, -0.05) is 69.7 Å². The lowest BCUT2D eigenvalue weighted by atomic mass is 9.75. The Morgan fingerprint density at radius 1 is 0.744 bits per heavy atom. The van der Waals surface area contributed by atoms with Crippen LogP contribution in [0, 0.1) is 17.8 Å². The van der Waals surface area contributed by atoms with Crippen LogP contribution in [-0.2, 0) is 14.3 Å². The molecule has 1 fully saturated rings. The van der Waals surface area contributed by atoms with Gasteiger partial charge in [0, 0.05) is 0 Å². The average Bonchev–Trinajstić information content (AvgIpc) is 2.93. The molecule has 4 rings (SSSR count). The van der Waals surface area contributed by atoms with Gasteiger partial charge < -0.3 is 14.2 Å². The SMILES string of the molecule is CC1CCC(C(C)C)C(OC(=O)CCC(=O)Oc2ccc(-c3ccc(OC(=O)c4ccccc4)cc3)cc2)C1. The minimum atomic E-state index is -0.471. The van der Waals surface area contributed by atoms with Gasteiger partial charge in [0.2, 0.25) is 0 Å². The van der Waals surface area contributed by atoms with Crippen LogP contribution in [0.25, 0.3) is 11.1 Å². The number of ether oxygens (including phenoxy) is 3. The van der Waals surface area contributed by atoms with Gasteiger partial charge in [0.15, 0.2) is 0 Å². The van der Waals surface area contributed by atoms with Crippen molar-refractivity contribution in [3.05, 3.63) is 84.4 Å². The maximum Gasteiger partial charge on any atom is 0.343 e. The van der Waals surface area contributed by atoms with E-state index in [0.29, 0.717) is 34.8 Å². The van der Waals surface area contributed by atoms with Crippen LogP contribution in [0.15, 0.2) is 78.9 Å². The van der Waals surface area contributed by atoms with E-state index in [-0.39, 0.29) is 24.9 Å². The number of esters is 3. The molecule has 3 aromatic carbocycles. The third-order valence-electron chi connectivity index (χ3n) is 7.27. The number of carbonyl (C=O) groups excluding carboxylic acids is 3. The van der Waals surface area contributed by atoms with E-state index in [0.717, 1.165) is 30.4 Å². The molecule has 0 radical (unpaired) electrons. The second-order valence-corrected chi connectivity index (χ2v) is 10.6. The predicted molar refractivity (Wildman–Crippen MR) is 149 cm³/mol. The first kappa shape index (κ1) is 28.1. The number of benzene rings is 3. The topological polar surface area (TPSA) is 78.9 Å². The van der Waals surface area contributed by atoms with E-state index in [9.17, 15) is 14.4 Å². The molecule has 1 aliphatic carbocycles. The summed E-state index contributed by atoms with van der Waals surface area (Å²) >= 11 is 0. The van der Waals surface area contributed by atoms with Crippen molar-refractivity contribution in [2.24, 2.45) is 17.8 Å². The van der Waals surface area contributed by atoms with Crippen LogP contribution < -0.4 is 9.47 Å². The highest BCUT2D eigenvalue weighted by Gasteiger charge is 2.33. The van der Waals surface area contributed by atoms with Gasteiger partial charge in [-0.25, -0.2) is 4.79 Å². The highest BCUT2D eigenvalue weighted by molar-refractivity contribution is 5.91. The molecular formula is C33H36O6. The summed E-state index contributed by atoms with van der Waals surface area (Å²) in [4.78, 5) is 37.0. The van der Waals surface area contributed by atoms with Gasteiger partial charge in [0.05, 0.1) is 18.4 Å². The van der Waals surface area contributed by atoms with Crippen molar-refractivity contribution in [3.8, 4) is 22.6 Å². The van der Waals surface area contributed by atoms with E-state index < -0.39 is 11.9 Å². The van der Waals surface area contributed by atoms with Gasteiger partial charge in [0.25, 0.3) is 0 Å². The first-order valence-electron chi connectivity index (χ1n) is 13.7. The molecule has 0 aromatic heterocycles. The quantitative estimate of drug-likeness (QED) is 0.215. The minimum absolute atomic E-state index is 0.00775. The lowest BCUT2D eigenvalue weighted by Crippen LogP contribution is -2.36. The van der Waals surface area contributed by atoms with Crippen LogP contribution in [0.4, 0.5) is 0 Å². The third kappa shape index (κ3) is 8.03. The van der Waals surface area contributed by atoms with Gasteiger partial charge in [0.1, 0.15) is 17.6 Å². The molecule has 1 saturated carbocycles. The second kappa shape index (κ2) is 13.2. The van der Waals surface area contributed by atoms with Crippen molar-refractivity contribution in [2.45, 2.75) is 59.0 Å². The predicted octanol–water partition coefficient (Wildman–Crippen LogP) is 7.26. The molecular weight excluding hydrogens is 492 g/mol. The van der Waals surface area contributed by atoms with Gasteiger partial charge in [-0.15, -0.1) is 0 Å². The van der Waals surface area contributed by atoms with E-state index in [2.05, 4.69) is 20.8 Å². The van der Waals surface area contributed by atoms with Crippen LogP contribution in [0.2, 0.25) is 0 Å². The summed E-state index contributed by atoms with van der Waals surface area (Å²) in [5, 5.41) is 0. The van der Waals surface area contributed by atoms with Crippen LogP contribution in [-0.4, -0.2) is 24.0 Å². The van der Waals surface area contributed by atoms with E-state index in [4.69, 9.17) is 14.2 Å². The molecule has 0 heterocycles. The summed E-state index contributed by atoms with van der Waals surface area (Å²) in [6, 6.07) is 23.1. The van der Waals surface area contributed by atoms with E-state index in [1.165, 1.54) is 0 Å². The molecule has 3 unspecified atom stereocenters. The van der Waals surface area contributed by atoms with Crippen LogP contribution in [0.1, 0.15) is 63.2 Å². The first-order chi connectivity index (χ1) is 18.8. The molecule has 1 aliphatic rings. The smallest absolute Gasteiger partial charge is 0.343 e. The van der Waals surface area contributed by atoms with Gasteiger partial charge >= 0.3 is 17.9 Å². The molecule has 3 aromatic rings. The van der Waals surface area contributed by atoms with Gasteiger partial charge in [-0.05, 0) is 78.1 Å². The number of hydrogen-bond donors (Lipinski definition) is 0. The fraction of sp³-hybridized carbons (Fsp3) is 0.364. The highest BCUT2D eigenvalue weighted by atomic mass is 16.5. The minimum Gasteiger partial charge on any atom is -0.462 e. The first-order valence-corrected chi connectivity index (χ1v) is 13.7. The molecule has 0 amide bonds. The number of carbonyl (C=O) groups is 3. The molecule has 0 saturated heterocycles. The molecule has 3 atom stereocenters. The second-order valence-electron chi connectivity index (χ2n) is 10.6. The zero-order valence-corrected chi connectivity index (χ0v) is 22.8. The maximum atomic E-state index is 12.4. The molecule has 6 heteroatoms. The number of rotatable bonds is 9. The Morgan fingerprint density at radius 2 is 1.31 bits per heavy atom. The zero-order valence-electron chi connectivity index (χ0n) is 22.8. The Hall–Kier alpha value is -3.93. The van der Waals surface area contributed by atoms with E-state index in [1.54, 1.807) is 48.5 Å². The van der Waals surface area contributed by atoms with Crippen LogP contribution >= 0.6 is 0 Å². The summed E-state index contributed by atoms with van der Waals surface area (Å²) in [6.07, 6.45) is 3.02. The Bertz CT molecular complexity index is 1250. The van der Waals surface area contributed by atoms with Gasteiger partial charge in [-0.2, -0.15) is 0 Å². The summed E-state index contributed by atoms with van der Waals surface area (Å²) < 4.78 is 16.6. The summed E-state index contributed by atoms with van der Waals surface area (Å²) in [7, 11) is 0. The maximum absolute atomic E-state index is 12.4. The molecule has 0 spiro atoms. The Labute approximate surface area is 230 Å². The van der Waals surface area contributed by atoms with Crippen molar-refractivity contribution in [1.29, 1.82) is 0 Å². The largest absolute Gasteiger partial charge is 0.462 e. The van der Waals surface area contributed by atoms with Gasteiger partial charge in [-0.3, -0.25) is 9.59 Å². The number of hydrogen-bond acceptors (Lipinski definition) is 6. The monoisotopic (exact) mass is 528 g/mol. The fourth-order valence-corrected chi connectivity index (χ4v) is 5.04. The Kier molecular flexibility index (Phi) is 9.53. The Morgan fingerprint density at radius 3 is 1.90 bits per heavy atom. The lowest BCUT2D eigenvalue weighted by molar-refractivity contribution is -0.157. The third-order valence-corrected chi connectivity index (χ3v) is 7.27. The summed E-state index contributed by atoms with van der Waals surface area (Å²) in [6.45, 7) is 6.53. The molecule has 0 aliphatic heterocycles. The van der Waals surface area contributed by atoms with Crippen LogP contribution in [0.3, 0.4) is 0 Å². The van der Waals surface area contributed by atoms with Crippen molar-refractivity contribution in [3.63, 3.8) is 0 Å². The molecule has 204 valence electrons. The van der Waals surface area contributed by atoms with Crippen molar-refractivity contribution in [2.75, 3.05) is 0 Å². The Balaban J connectivity index is 1.24. The van der Waals surface area contributed by atoms with Crippen molar-refractivity contribution in [1.82, 2.24) is 0 Å². The van der Waals surface area contributed by atoms with E-state index in [1.807, 2.05) is 30.3 Å². The summed E-state index contributed by atoms with van der Waals surface area (Å²) in [5.41, 5.74) is 2.33. The zero-order chi connectivity index (χ0) is 27.8. The molecule has 0 bridgehead atoms. The lowest BCUT2D eigenvalue weighted by Gasteiger charge is -2.36. The normalized spacial score (nSPS) is 18.8. The average molecular weight is 529 g/mol.